The van der Waals surface area contributed by atoms with E-state index in [0.29, 0.717) is 10.6 Å². The Bertz CT molecular complexity index is 1590. The van der Waals surface area contributed by atoms with Gasteiger partial charge in [0.2, 0.25) is 15.6 Å². The van der Waals surface area contributed by atoms with Crippen molar-refractivity contribution in [2.45, 2.75) is 24.2 Å². The molecular weight excluding hydrogens is 496 g/mol. The van der Waals surface area contributed by atoms with Crippen molar-refractivity contribution in [1.82, 2.24) is 4.57 Å². The van der Waals surface area contributed by atoms with E-state index in [1.165, 1.54) is 22.8 Å². The number of hydrogen-bond acceptors (Lipinski definition) is 4. The van der Waals surface area contributed by atoms with Crippen LogP contribution in [0.5, 0.6) is 0 Å². The number of carbonyl (C=O) groups is 1. The zero-order valence-electron chi connectivity index (χ0n) is 19.8. The van der Waals surface area contributed by atoms with Crippen LogP contribution in [0.3, 0.4) is 0 Å². The Morgan fingerprint density at radius 3 is 2.11 bits per heavy atom. The van der Waals surface area contributed by atoms with Gasteiger partial charge in [-0.05, 0) is 65.1 Å². The molecule has 0 fully saturated rings. The summed E-state index contributed by atoms with van der Waals surface area (Å²) in [6, 6.07) is 22.8. The Kier molecular flexibility index (Phi) is 7.26. The summed E-state index contributed by atoms with van der Waals surface area (Å²) in [5.41, 5.74) is 4.95. The molecule has 0 spiro atoms. The zero-order chi connectivity index (χ0) is 26.0. The Hall–Kier alpha value is -3.52. The highest BCUT2D eigenvalue weighted by atomic mass is 35.5. The van der Waals surface area contributed by atoms with E-state index < -0.39 is 10.0 Å². The third-order valence-electron chi connectivity index (χ3n) is 6.23. The van der Waals surface area contributed by atoms with Crippen LogP contribution in [-0.2, 0) is 17.1 Å². The molecule has 0 aliphatic carbocycles. The molecule has 2 N–H and O–H groups in total. The molecule has 3 aromatic carbocycles. The number of Topliss-reactive ketones (excluding diaryl/α,β-unsaturated/α-hetero) is 1. The van der Waals surface area contributed by atoms with Crippen LogP contribution in [0.1, 0.15) is 39.4 Å². The minimum absolute atomic E-state index is 0.0538. The normalized spacial score (nSPS) is 12.3. The van der Waals surface area contributed by atoms with E-state index >= 15 is 0 Å². The van der Waals surface area contributed by atoms with Gasteiger partial charge in [0.05, 0.1) is 4.90 Å². The van der Waals surface area contributed by atoms with E-state index in [1.54, 1.807) is 31.4 Å². The number of aryl methyl sites for hydroxylation is 2. The smallest absolute Gasteiger partial charge is 0.250 e. The third-order valence-corrected chi connectivity index (χ3v) is 7.40. The summed E-state index contributed by atoms with van der Waals surface area (Å²) in [5, 5.41) is 5.82. The van der Waals surface area contributed by atoms with Crippen LogP contribution in [0.25, 0.3) is 11.1 Å². The quantitative estimate of drug-likeness (QED) is 0.344. The highest BCUT2D eigenvalue weighted by molar-refractivity contribution is 7.89. The van der Waals surface area contributed by atoms with Crippen molar-refractivity contribution in [3.63, 3.8) is 0 Å². The van der Waals surface area contributed by atoms with E-state index in [1.807, 2.05) is 49.4 Å². The van der Waals surface area contributed by atoms with Gasteiger partial charge in [0.25, 0.3) is 0 Å². The molecule has 8 heteroatoms. The number of rotatable bonds is 7. The number of ketones is 1. The monoisotopic (exact) mass is 520 g/mol. The van der Waals surface area contributed by atoms with E-state index in [4.69, 9.17) is 16.7 Å². The zero-order valence-corrected chi connectivity index (χ0v) is 21.4. The number of nitrogens with zero attached hydrogens (tertiary/aromatic N) is 1. The van der Waals surface area contributed by atoms with Crippen LogP contribution in [0.2, 0.25) is 5.02 Å². The number of sulfonamides is 1. The van der Waals surface area contributed by atoms with Crippen LogP contribution >= 0.6 is 11.6 Å². The Labute approximate surface area is 215 Å². The molecular formula is C28H25ClN2O4S. The van der Waals surface area contributed by atoms with Crippen LogP contribution < -0.4 is 10.7 Å². The summed E-state index contributed by atoms with van der Waals surface area (Å²) in [6.07, 6.45) is 1.77. The number of carbonyl (C=O) groups excluding carboxylic acids is 1. The first kappa shape index (κ1) is 25.6. The maximum absolute atomic E-state index is 13.2. The lowest BCUT2D eigenvalue weighted by molar-refractivity contribution is 0.0977. The molecule has 1 aromatic heterocycles. The fourth-order valence-corrected chi connectivity index (χ4v) is 4.99. The number of hydrogen-bond donors (Lipinski definition) is 1. The topological polar surface area (TPSA) is 99.2 Å². The van der Waals surface area contributed by atoms with E-state index in [-0.39, 0.29) is 28.6 Å². The van der Waals surface area contributed by atoms with E-state index in [9.17, 15) is 18.0 Å². The molecule has 1 unspecified atom stereocenters. The lowest BCUT2D eigenvalue weighted by Crippen LogP contribution is -2.17. The second kappa shape index (κ2) is 10.2. The highest BCUT2D eigenvalue weighted by Crippen LogP contribution is 2.34. The summed E-state index contributed by atoms with van der Waals surface area (Å²) >= 11 is 6.18. The number of pyridine rings is 1. The van der Waals surface area contributed by atoms with Crippen LogP contribution in [-0.4, -0.2) is 18.8 Å². The molecule has 36 heavy (non-hydrogen) atoms. The number of aromatic nitrogens is 1. The average Bonchev–Trinajstić information content (AvgIpc) is 2.84. The molecule has 184 valence electrons. The molecule has 0 aliphatic rings. The fraction of sp³-hybridized carbons (Fsp3) is 0.143. The predicted octanol–water partition coefficient (Wildman–Crippen LogP) is 5.07. The van der Waals surface area contributed by atoms with Crippen molar-refractivity contribution >= 4 is 27.4 Å². The molecule has 6 nitrogen and oxygen atoms in total. The van der Waals surface area contributed by atoms with E-state index in [0.717, 1.165) is 27.8 Å². The number of benzene rings is 3. The molecule has 0 bridgehead atoms. The molecule has 1 heterocycles. The van der Waals surface area contributed by atoms with Gasteiger partial charge < -0.3 is 4.57 Å². The van der Waals surface area contributed by atoms with Crippen molar-refractivity contribution in [3.8, 4) is 11.1 Å². The Morgan fingerprint density at radius 2 is 1.56 bits per heavy atom. The summed E-state index contributed by atoms with van der Waals surface area (Å²) in [7, 11) is -2.14. The van der Waals surface area contributed by atoms with Crippen LogP contribution in [0.4, 0.5) is 0 Å². The van der Waals surface area contributed by atoms with Crippen molar-refractivity contribution in [1.29, 1.82) is 0 Å². The van der Waals surface area contributed by atoms with Gasteiger partial charge in [-0.2, -0.15) is 0 Å². The minimum Gasteiger partial charge on any atom is -0.318 e. The molecule has 0 saturated carbocycles. The molecule has 0 radical (unpaired) electrons. The summed E-state index contributed by atoms with van der Waals surface area (Å²) in [6.45, 7) is 1.96. The maximum atomic E-state index is 13.2. The van der Waals surface area contributed by atoms with Gasteiger partial charge in [-0.1, -0.05) is 54.1 Å². The third kappa shape index (κ3) is 5.65. The Balaban J connectivity index is 1.69. The lowest BCUT2D eigenvalue weighted by atomic mass is 9.83. The van der Waals surface area contributed by atoms with Crippen LogP contribution in [0.15, 0.2) is 94.7 Å². The molecule has 0 saturated heterocycles. The first-order valence-electron chi connectivity index (χ1n) is 11.2. The molecule has 1 atom stereocenters. The fourth-order valence-electron chi connectivity index (χ4n) is 4.24. The van der Waals surface area contributed by atoms with Gasteiger partial charge in [0, 0.05) is 42.2 Å². The summed E-state index contributed by atoms with van der Waals surface area (Å²) < 4.78 is 24.5. The number of primary sulfonamides is 1. The van der Waals surface area contributed by atoms with Gasteiger partial charge >= 0.3 is 0 Å². The van der Waals surface area contributed by atoms with Gasteiger partial charge in [-0.15, -0.1) is 0 Å². The van der Waals surface area contributed by atoms with Crippen molar-refractivity contribution in [2.75, 3.05) is 0 Å². The molecule has 4 aromatic rings. The number of nitrogens with two attached hydrogens (primary N) is 1. The molecule has 0 amide bonds. The average molecular weight is 521 g/mol. The Morgan fingerprint density at radius 1 is 0.944 bits per heavy atom. The lowest BCUT2D eigenvalue weighted by Gasteiger charge is -2.20. The first-order chi connectivity index (χ1) is 17.0. The SMILES string of the molecule is Cc1cc(Cl)ccc1C(CC(=O)c1ccc(=O)n(C)c1)c1ccc(-c2ccc(S(N)(=O)=O)cc2)cc1. The van der Waals surface area contributed by atoms with Gasteiger partial charge in [0.15, 0.2) is 5.78 Å². The van der Waals surface area contributed by atoms with E-state index in [2.05, 4.69) is 0 Å². The van der Waals surface area contributed by atoms with Gasteiger partial charge in [0.1, 0.15) is 0 Å². The molecule has 4 rings (SSSR count). The molecule has 0 aliphatic heterocycles. The second-order valence-corrected chi connectivity index (χ2v) is 10.7. The van der Waals surface area contributed by atoms with Crippen molar-refractivity contribution in [2.24, 2.45) is 12.2 Å². The van der Waals surface area contributed by atoms with Crippen LogP contribution in [0, 0.1) is 6.92 Å². The van der Waals surface area contributed by atoms with Crippen molar-refractivity contribution in [3.05, 3.63) is 123 Å². The van der Waals surface area contributed by atoms with Crippen molar-refractivity contribution < 1.29 is 13.2 Å². The highest BCUT2D eigenvalue weighted by Gasteiger charge is 2.22. The summed E-state index contributed by atoms with van der Waals surface area (Å²) in [4.78, 5) is 25.1. The summed E-state index contributed by atoms with van der Waals surface area (Å²) in [5.74, 6) is -0.307. The second-order valence-electron chi connectivity index (χ2n) is 8.74. The minimum atomic E-state index is -3.76. The standard InChI is InChI=1S/C28H25ClN2O4S/c1-18-15-23(29)10-13-25(18)26(16-27(32)22-9-14-28(33)31(2)17-22)21-5-3-19(4-6-21)20-7-11-24(12-8-20)36(30,34)35/h3-15,17,26H,16H2,1-2H3,(H2,30,34,35). The predicted molar refractivity (Wildman–Crippen MR) is 142 cm³/mol. The number of halogens is 1. The van der Waals surface area contributed by atoms with Gasteiger partial charge in [-0.25, -0.2) is 13.6 Å². The maximum Gasteiger partial charge on any atom is 0.250 e. The largest absolute Gasteiger partial charge is 0.318 e. The van der Waals surface area contributed by atoms with Gasteiger partial charge in [-0.3, -0.25) is 9.59 Å². The first-order valence-corrected chi connectivity index (χ1v) is 13.1.